The molecule has 3 atom stereocenters. The molecule has 1 heterocycles. The first-order valence-corrected chi connectivity index (χ1v) is 7.59. The number of nitrogens with one attached hydrogen (secondary N) is 2. The molecule has 1 aliphatic heterocycles. The van der Waals surface area contributed by atoms with Crippen LogP contribution in [-0.4, -0.2) is 23.6 Å². The molecule has 2 fully saturated rings. The summed E-state index contributed by atoms with van der Waals surface area (Å²) in [6.07, 6.45) is 5.73. The van der Waals surface area contributed by atoms with Crippen molar-refractivity contribution in [3.63, 3.8) is 0 Å². The van der Waals surface area contributed by atoms with Crippen molar-refractivity contribution in [3.05, 3.63) is 34.1 Å². The highest BCUT2D eigenvalue weighted by molar-refractivity contribution is 5.51. The lowest BCUT2D eigenvalue weighted by atomic mass is 9.93. The molecular formula is C15H20FN3O2. The SMILES string of the molecule is O=[N+]([O-])c1ccc(NC2CCCC2C2CCCN2)c(F)c1. The fourth-order valence-corrected chi connectivity index (χ4v) is 3.66. The fraction of sp³-hybridized carbons (Fsp3) is 0.600. The van der Waals surface area contributed by atoms with Gasteiger partial charge in [0.2, 0.25) is 0 Å². The van der Waals surface area contributed by atoms with Crippen LogP contribution < -0.4 is 10.6 Å². The van der Waals surface area contributed by atoms with Crippen molar-refractivity contribution >= 4 is 11.4 Å². The predicted molar refractivity (Wildman–Crippen MR) is 78.8 cm³/mol. The van der Waals surface area contributed by atoms with Gasteiger partial charge in [0.25, 0.3) is 5.69 Å². The number of rotatable bonds is 4. The first-order chi connectivity index (χ1) is 10.1. The molecule has 5 nitrogen and oxygen atoms in total. The van der Waals surface area contributed by atoms with Gasteiger partial charge in [-0.1, -0.05) is 6.42 Å². The van der Waals surface area contributed by atoms with Crippen LogP contribution in [0.25, 0.3) is 0 Å². The normalized spacial score (nSPS) is 28.7. The lowest BCUT2D eigenvalue weighted by Crippen LogP contribution is -2.38. The van der Waals surface area contributed by atoms with Gasteiger partial charge in [-0.25, -0.2) is 4.39 Å². The van der Waals surface area contributed by atoms with Crippen molar-refractivity contribution in [2.75, 3.05) is 11.9 Å². The van der Waals surface area contributed by atoms with E-state index in [0.717, 1.165) is 31.9 Å². The first-order valence-electron chi connectivity index (χ1n) is 7.59. The largest absolute Gasteiger partial charge is 0.380 e. The van der Waals surface area contributed by atoms with Crippen molar-refractivity contribution in [1.29, 1.82) is 0 Å². The zero-order valence-electron chi connectivity index (χ0n) is 11.8. The summed E-state index contributed by atoms with van der Waals surface area (Å²) in [5.41, 5.74) is 0.161. The molecular weight excluding hydrogens is 273 g/mol. The van der Waals surface area contributed by atoms with Crippen LogP contribution in [0.3, 0.4) is 0 Å². The van der Waals surface area contributed by atoms with Crippen molar-refractivity contribution in [1.82, 2.24) is 5.32 Å². The van der Waals surface area contributed by atoms with Crippen LogP contribution >= 0.6 is 0 Å². The number of non-ortho nitro benzene ring substituents is 1. The molecule has 6 heteroatoms. The average molecular weight is 293 g/mol. The number of nitro benzene ring substituents is 1. The Morgan fingerprint density at radius 1 is 1.29 bits per heavy atom. The highest BCUT2D eigenvalue weighted by Crippen LogP contribution is 2.34. The number of nitro groups is 1. The maximum absolute atomic E-state index is 14.0. The van der Waals surface area contributed by atoms with Crippen LogP contribution in [0, 0.1) is 21.8 Å². The molecule has 1 aliphatic carbocycles. The number of nitrogens with zero attached hydrogens (tertiary/aromatic N) is 1. The van der Waals surface area contributed by atoms with Gasteiger partial charge in [-0.05, 0) is 44.2 Å². The second kappa shape index (κ2) is 5.97. The lowest BCUT2D eigenvalue weighted by Gasteiger charge is -2.27. The quantitative estimate of drug-likeness (QED) is 0.661. The number of anilines is 1. The van der Waals surface area contributed by atoms with Gasteiger partial charge in [-0.3, -0.25) is 10.1 Å². The van der Waals surface area contributed by atoms with Crippen LogP contribution in [0.4, 0.5) is 15.8 Å². The van der Waals surface area contributed by atoms with E-state index in [9.17, 15) is 14.5 Å². The minimum absolute atomic E-state index is 0.210. The molecule has 1 aromatic carbocycles. The maximum atomic E-state index is 14.0. The topological polar surface area (TPSA) is 67.2 Å². The Hall–Kier alpha value is -1.69. The van der Waals surface area contributed by atoms with Crippen molar-refractivity contribution in [3.8, 4) is 0 Å². The summed E-state index contributed by atoms with van der Waals surface area (Å²) in [7, 11) is 0. The molecule has 114 valence electrons. The third-order valence-corrected chi connectivity index (χ3v) is 4.69. The van der Waals surface area contributed by atoms with E-state index in [1.54, 1.807) is 0 Å². The molecule has 0 aromatic heterocycles. The van der Waals surface area contributed by atoms with Gasteiger partial charge >= 0.3 is 0 Å². The Morgan fingerprint density at radius 3 is 2.81 bits per heavy atom. The van der Waals surface area contributed by atoms with Crippen LogP contribution in [0.15, 0.2) is 18.2 Å². The predicted octanol–water partition coefficient (Wildman–Crippen LogP) is 3.07. The average Bonchev–Trinajstić information content (AvgIpc) is 3.11. The molecule has 0 bridgehead atoms. The molecule has 3 rings (SSSR count). The van der Waals surface area contributed by atoms with Crippen LogP contribution in [0.1, 0.15) is 32.1 Å². The monoisotopic (exact) mass is 293 g/mol. The van der Waals surface area contributed by atoms with E-state index in [1.807, 2.05) is 0 Å². The summed E-state index contributed by atoms with van der Waals surface area (Å²) in [6, 6.07) is 4.58. The van der Waals surface area contributed by atoms with E-state index < -0.39 is 10.7 Å². The highest BCUT2D eigenvalue weighted by Gasteiger charge is 2.35. The molecule has 1 saturated heterocycles. The van der Waals surface area contributed by atoms with Crippen molar-refractivity contribution < 1.29 is 9.31 Å². The van der Waals surface area contributed by atoms with Gasteiger partial charge in [0.05, 0.1) is 16.7 Å². The maximum Gasteiger partial charge on any atom is 0.272 e. The zero-order valence-corrected chi connectivity index (χ0v) is 11.8. The Balaban J connectivity index is 1.71. The number of benzene rings is 1. The van der Waals surface area contributed by atoms with E-state index in [4.69, 9.17) is 0 Å². The summed E-state index contributed by atoms with van der Waals surface area (Å²) >= 11 is 0. The Kier molecular flexibility index (Phi) is 4.05. The lowest BCUT2D eigenvalue weighted by molar-refractivity contribution is -0.385. The zero-order chi connectivity index (χ0) is 14.8. The van der Waals surface area contributed by atoms with Gasteiger partial charge in [0.1, 0.15) is 0 Å². The summed E-state index contributed by atoms with van der Waals surface area (Å²) in [6.45, 7) is 1.07. The van der Waals surface area contributed by atoms with E-state index in [0.29, 0.717) is 17.6 Å². The summed E-state index contributed by atoms with van der Waals surface area (Å²) in [5.74, 6) is -0.0312. The van der Waals surface area contributed by atoms with Gasteiger partial charge in [0.15, 0.2) is 5.82 Å². The van der Waals surface area contributed by atoms with E-state index in [1.165, 1.54) is 25.0 Å². The molecule has 3 unspecified atom stereocenters. The van der Waals surface area contributed by atoms with E-state index in [2.05, 4.69) is 10.6 Å². The van der Waals surface area contributed by atoms with Gasteiger partial charge in [-0.15, -0.1) is 0 Å². The smallest absolute Gasteiger partial charge is 0.272 e. The molecule has 2 N–H and O–H groups in total. The molecule has 1 aromatic rings. The van der Waals surface area contributed by atoms with Gasteiger partial charge < -0.3 is 10.6 Å². The number of halogens is 1. The Morgan fingerprint density at radius 2 is 2.14 bits per heavy atom. The third kappa shape index (κ3) is 3.00. The Labute approximate surface area is 123 Å². The molecule has 1 saturated carbocycles. The van der Waals surface area contributed by atoms with Crippen molar-refractivity contribution in [2.24, 2.45) is 5.92 Å². The molecule has 0 amide bonds. The minimum Gasteiger partial charge on any atom is -0.380 e. The summed E-state index contributed by atoms with van der Waals surface area (Å²) in [5, 5.41) is 17.4. The van der Waals surface area contributed by atoms with E-state index in [-0.39, 0.29) is 11.7 Å². The van der Waals surface area contributed by atoms with Gasteiger partial charge in [0, 0.05) is 18.2 Å². The minimum atomic E-state index is -0.576. The second-order valence-corrected chi connectivity index (χ2v) is 5.97. The highest BCUT2D eigenvalue weighted by atomic mass is 19.1. The van der Waals surface area contributed by atoms with Crippen LogP contribution in [0.2, 0.25) is 0 Å². The summed E-state index contributed by atoms with van der Waals surface area (Å²) < 4.78 is 14.0. The molecule has 0 spiro atoms. The van der Waals surface area contributed by atoms with Gasteiger partial charge in [-0.2, -0.15) is 0 Å². The summed E-state index contributed by atoms with van der Waals surface area (Å²) in [4.78, 5) is 10.1. The van der Waals surface area contributed by atoms with Crippen LogP contribution in [0.5, 0.6) is 0 Å². The standard InChI is InChI=1S/C15H20FN3O2/c16-12-9-10(19(20)21)6-7-15(12)18-14-4-1-3-11(14)13-5-2-8-17-13/h6-7,9,11,13-14,17-18H,1-5,8H2. The molecule has 2 aliphatic rings. The first kappa shape index (κ1) is 14.3. The Bertz CT molecular complexity index is 532. The third-order valence-electron chi connectivity index (χ3n) is 4.69. The van der Waals surface area contributed by atoms with Crippen LogP contribution in [-0.2, 0) is 0 Å². The van der Waals surface area contributed by atoms with Crippen molar-refractivity contribution in [2.45, 2.75) is 44.2 Å². The number of hydrogen-bond acceptors (Lipinski definition) is 4. The second-order valence-electron chi connectivity index (χ2n) is 5.97. The molecule has 21 heavy (non-hydrogen) atoms. The molecule has 0 radical (unpaired) electrons. The number of hydrogen-bond donors (Lipinski definition) is 2. The van der Waals surface area contributed by atoms with E-state index >= 15 is 0 Å². The fourth-order valence-electron chi connectivity index (χ4n) is 3.66.